The molecule has 2 heterocycles. The molecule has 1 aliphatic rings. The van der Waals surface area contributed by atoms with Gasteiger partial charge in [-0.2, -0.15) is 0 Å². The largest absolute Gasteiger partial charge is 0.356 e. The highest BCUT2D eigenvalue weighted by Crippen LogP contribution is 2.35. The van der Waals surface area contributed by atoms with Crippen molar-refractivity contribution in [1.82, 2.24) is 15.3 Å². The zero-order valence-corrected chi connectivity index (χ0v) is 18.0. The molecule has 3 aromatic rings. The maximum Gasteiger partial charge on any atom is 0.259 e. The fourth-order valence-electron chi connectivity index (χ4n) is 3.83. The number of amides is 1. The minimum Gasteiger partial charge on any atom is -0.356 e. The number of fused-ring (bicyclic) bond motifs is 3. The van der Waals surface area contributed by atoms with E-state index < -0.39 is 0 Å². The molecule has 0 fully saturated rings. The van der Waals surface area contributed by atoms with Crippen LogP contribution in [0.4, 0.5) is 0 Å². The predicted octanol–water partition coefficient (Wildman–Crippen LogP) is 4.05. The second-order valence-electron chi connectivity index (χ2n) is 7.77. The van der Waals surface area contributed by atoms with E-state index in [0.717, 1.165) is 41.5 Å². The highest BCUT2D eigenvalue weighted by molar-refractivity contribution is 7.18. The Morgan fingerprint density at radius 1 is 1.31 bits per heavy atom. The van der Waals surface area contributed by atoms with Crippen molar-refractivity contribution in [3.8, 4) is 0 Å². The minimum atomic E-state index is -0.0693. The van der Waals surface area contributed by atoms with Crippen molar-refractivity contribution in [2.75, 3.05) is 6.54 Å². The van der Waals surface area contributed by atoms with Crippen LogP contribution in [0.3, 0.4) is 0 Å². The highest BCUT2D eigenvalue weighted by Gasteiger charge is 2.23. The number of rotatable bonds is 6. The third kappa shape index (κ3) is 4.70. The molecule has 7 heteroatoms. The fourth-order valence-corrected chi connectivity index (χ4v) is 5.36. The molecule has 2 N–H and O–H groups in total. The first-order valence-corrected chi connectivity index (χ1v) is 11.2. The van der Waals surface area contributed by atoms with Gasteiger partial charge in [-0.3, -0.25) is 9.59 Å². The summed E-state index contributed by atoms with van der Waals surface area (Å²) in [5.41, 5.74) is 2.24. The van der Waals surface area contributed by atoms with Gasteiger partial charge in [-0.1, -0.05) is 30.7 Å². The molecule has 0 bridgehead atoms. The number of thiophene rings is 1. The number of aryl methyl sites for hydroxylation is 2. The van der Waals surface area contributed by atoms with E-state index in [9.17, 15) is 9.59 Å². The van der Waals surface area contributed by atoms with Crippen LogP contribution >= 0.6 is 22.9 Å². The number of H-pyrrole nitrogens is 1. The van der Waals surface area contributed by atoms with Gasteiger partial charge in [0, 0.05) is 29.3 Å². The van der Waals surface area contributed by atoms with Crippen molar-refractivity contribution in [3.05, 3.63) is 61.5 Å². The lowest BCUT2D eigenvalue weighted by molar-refractivity contribution is -0.121. The van der Waals surface area contributed by atoms with Crippen LogP contribution in [0.2, 0.25) is 5.02 Å². The van der Waals surface area contributed by atoms with Gasteiger partial charge >= 0.3 is 0 Å². The molecule has 1 aliphatic carbocycles. The Hall–Kier alpha value is -2.18. The van der Waals surface area contributed by atoms with Crippen molar-refractivity contribution in [2.45, 2.75) is 45.4 Å². The molecule has 0 saturated carbocycles. The number of hydrogen-bond donors (Lipinski definition) is 2. The molecule has 152 valence electrons. The molecular formula is C22H24ClN3O2S. The van der Waals surface area contributed by atoms with Gasteiger partial charge in [-0.25, -0.2) is 4.98 Å². The monoisotopic (exact) mass is 429 g/mol. The molecule has 5 nitrogen and oxygen atoms in total. The molecule has 29 heavy (non-hydrogen) atoms. The van der Waals surface area contributed by atoms with Crippen LogP contribution < -0.4 is 10.9 Å². The Morgan fingerprint density at radius 2 is 2.10 bits per heavy atom. The van der Waals surface area contributed by atoms with Gasteiger partial charge in [0.15, 0.2) is 0 Å². The van der Waals surface area contributed by atoms with Gasteiger partial charge in [-0.05, 0) is 54.9 Å². The van der Waals surface area contributed by atoms with E-state index in [4.69, 9.17) is 11.6 Å². The fraction of sp³-hybridized carbons (Fsp3) is 0.409. The summed E-state index contributed by atoms with van der Waals surface area (Å²) in [6.07, 6.45) is 4.59. The van der Waals surface area contributed by atoms with Crippen LogP contribution in [0.15, 0.2) is 29.1 Å². The minimum absolute atomic E-state index is 0.0407. The Bertz CT molecular complexity index is 1090. The maximum atomic E-state index is 12.6. The molecule has 1 amide bonds. The van der Waals surface area contributed by atoms with Crippen LogP contribution in [0, 0.1) is 5.92 Å². The molecule has 1 aromatic carbocycles. The average Bonchev–Trinajstić information content (AvgIpc) is 3.05. The molecule has 4 rings (SSSR count). The van der Waals surface area contributed by atoms with E-state index in [1.165, 1.54) is 10.4 Å². The zero-order valence-electron chi connectivity index (χ0n) is 16.4. The topological polar surface area (TPSA) is 74.8 Å². The van der Waals surface area contributed by atoms with Crippen molar-refractivity contribution in [2.24, 2.45) is 5.92 Å². The van der Waals surface area contributed by atoms with E-state index >= 15 is 0 Å². The Labute approximate surface area is 178 Å². The van der Waals surface area contributed by atoms with Gasteiger partial charge < -0.3 is 10.3 Å². The summed E-state index contributed by atoms with van der Waals surface area (Å²) in [7, 11) is 0. The van der Waals surface area contributed by atoms with Gasteiger partial charge in [-0.15, -0.1) is 11.3 Å². The lowest BCUT2D eigenvalue weighted by Crippen LogP contribution is -2.26. The summed E-state index contributed by atoms with van der Waals surface area (Å²) in [4.78, 5) is 34.4. The lowest BCUT2D eigenvalue weighted by Gasteiger charge is -2.17. The van der Waals surface area contributed by atoms with Crippen LogP contribution in [0.5, 0.6) is 0 Å². The Morgan fingerprint density at radius 3 is 2.90 bits per heavy atom. The number of carbonyl (C=O) groups is 1. The third-order valence-electron chi connectivity index (χ3n) is 5.45. The van der Waals surface area contributed by atoms with Gasteiger partial charge in [0.25, 0.3) is 5.56 Å². The first-order valence-electron chi connectivity index (χ1n) is 10.0. The SMILES string of the molecule is C[C@@H]1CCc2c(sc3nc(CCC(=O)NCCc4ccc(Cl)cc4)[nH]c(=O)c23)C1. The summed E-state index contributed by atoms with van der Waals surface area (Å²) in [5, 5.41) is 4.39. The Balaban J connectivity index is 1.35. The molecule has 0 radical (unpaired) electrons. The van der Waals surface area contributed by atoms with Crippen LogP contribution in [-0.2, 0) is 30.5 Å². The zero-order chi connectivity index (χ0) is 20.4. The molecule has 0 aliphatic heterocycles. The first-order chi connectivity index (χ1) is 14.0. The predicted molar refractivity (Wildman–Crippen MR) is 118 cm³/mol. The number of nitrogens with zero attached hydrogens (tertiary/aromatic N) is 1. The first kappa shape index (κ1) is 20.1. The molecule has 0 unspecified atom stereocenters. The summed E-state index contributed by atoms with van der Waals surface area (Å²) >= 11 is 7.52. The van der Waals surface area contributed by atoms with Gasteiger partial charge in [0.2, 0.25) is 5.91 Å². The number of hydrogen-bond acceptors (Lipinski definition) is 4. The summed E-state index contributed by atoms with van der Waals surface area (Å²) in [5.74, 6) is 1.20. The number of halogens is 1. The van der Waals surface area contributed by atoms with E-state index in [0.29, 0.717) is 36.2 Å². The smallest absolute Gasteiger partial charge is 0.259 e. The summed E-state index contributed by atoms with van der Waals surface area (Å²) in [6, 6.07) is 7.61. The standard InChI is InChI=1S/C22H24ClN3O2S/c1-13-2-7-16-17(12-13)29-22-20(16)21(28)25-18(26-22)8-9-19(27)24-11-10-14-3-5-15(23)6-4-14/h3-6,13H,2,7-12H2,1H3,(H,24,27)(H,25,26,28)/t13-/m1/s1. The third-order valence-corrected chi connectivity index (χ3v) is 6.85. The number of aromatic nitrogens is 2. The van der Waals surface area contributed by atoms with Crippen LogP contribution in [-0.4, -0.2) is 22.4 Å². The molecule has 0 saturated heterocycles. The van der Waals surface area contributed by atoms with Crippen molar-refractivity contribution >= 4 is 39.1 Å². The van der Waals surface area contributed by atoms with E-state index in [1.54, 1.807) is 11.3 Å². The second kappa shape index (κ2) is 8.67. The summed E-state index contributed by atoms with van der Waals surface area (Å²) < 4.78 is 0. The quantitative estimate of drug-likeness (QED) is 0.620. The summed E-state index contributed by atoms with van der Waals surface area (Å²) in [6.45, 7) is 2.82. The number of benzene rings is 1. The average molecular weight is 430 g/mol. The number of aromatic amines is 1. The normalized spacial score (nSPS) is 16.0. The van der Waals surface area contributed by atoms with Crippen LogP contribution in [0.25, 0.3) is 10.2 Å². The van der Waals surface area contributed by atoms with Crippen molar-refractivity contribution < 1.29 is 4.79 Å². The van der Waals surface area contributed by atoms with Gasteiger partial charge in [0.05, 0.1) is 5.39 Å². The maximum absolute atomic E-state index is 12.6. The van der Waals surface area contributed by atoms with E-state index in [1.807, 2.05) is 24.3 Å². The molecule has 1 atom stereocenters. The number of nitrogens with one attached hydrogen (secondary N) is 2. The lowest BCUT2D eigenvalue weighted by atomic mass is 9.89. The van der Waals surface area contributed by atoms with Gasteiger partial charge in [0.1, 0.15) is 10.7 Å². The molecular weight excluding hydrogens is 406 g/mol. The van der Waals surface area contributed by atoms with E-state index in [-0.39, 0.29) is 11.5 Å². The van der Waals surface area contributed by atoms with Crippen molar-refractivity contribution in [3.63, 3.8) is 0 Å². The second-order valence-corrected chi connectivity index (χ2v) is 9.29. The van der Waals surface area contributed by atoms with Crippen molar-refractivity contribution in [1.29, 1.82) is 0 Å². The molecule has 0 spiro atoms. The number of carbonyl (C=O) groups excluding carboxylic acids is 1. The van der Waals surface area contributed by atoms with Crippen LogP contribution in [0.1, 0.15) is 41.6 Å². The molecule has 2 aromatic heterocycles. The van der Waals surface area contributed by atoms with E-state index in [2.05, 4.69) is 22.2 Å². The Kier molecular flexibility index (Phi) is 6.01. The highest BCUT2D eigenvalue weighted by atomic mass is 35.5.